The van der Waals surface area contributed by atoms with Crippen molar-refractivity contribution < 1.29 is 8.42 Å². The third-order valence-corrected chi connectivity index (χ3v) is 5.26. The fraction of sp³-hybridized carbons (Fsp3) is 0.500. The van der Waals surface area contributed by atoms with Crippen LogP contribution in [0.4, 0.5) is 5.69 Å². The Morgan fingerprint density at radius 2 is 1.89 bits per heavy atom. The molecule has 1 fully saturated rings. The summed E-state index contributed by atoms with van der Waals surface area (Å²) >= 11 is 3.27. The van der Waals surface area contributed by atoms with Gasteiger partial charge in [0.2, 0.25) is 10.0 Å². The van der Waals surface area contributed by atoms with Crippen molar-refractivity contribution in [3.8, 4) is 0 Å². The molecule has 0 radical (unpaired) electrons. The highest BCUT2D eigenvalue weighted by Crippen LogP contribution is 2.25. The van der Waals surface area contributed by atoms with E-state index < -0.39 is 10.0 Å². The van der Waals surface area contributed by atoms with Gasteiger partial charge < -0.3 is 5.73 Å². The topological polar surface area (TPSA) is 72.2 Å². The van der Waals surface area contributed by atoms with Crippen LogP contribution in [0.5, 0.6) is 0 Å². The summed E-state index contributed by atoms with van der Waals surface area (Å²) in [6, 6.07) is 4.91. The summed E-state index contributed by atoms with van der Waals surface area (Å²) in [6.45, 7) is 0. The molecule has 1 saturated carbocycles. The van der Waals surface area contributed by atoms with E-state index in [1.54, 1.807) is 18.2 Å². The number of nitrogen functional groups attached to an aromatic ring is 1. The first kappa shape index (κ1) is 13.8. The monoisotopic (exact) mass is 332 g/mol. The van der Waals surface area contributed by atoms with Crippen LogP contribution in [0, 0.1) is 0 Å². The van der Waals surface area contributed by atoms with Gasteiger partial charge in [-0.05, 0) is 31.0 Å². The average Bonchev–Trinajstić information content (AvgIpc) is 2.33. The van der Waals surface area contributed by atoms with Crippen molar-refractivity contribution in [1.82, 2.24) is 4.72 Å². The minimum atomic E-state index is -3.52. The standard InChI is InChI=1S/C12H17BrN2O2S/c13-9-6-7-11(14)12(8-9)18(16,17)15-10-4-2-1-3-5-10/h6-8,10,15H,1-5,14H2. The molecule has 0 aliphatic heterocycles. The molecule has 1 aliphatic rings. The largest absolute Gasteiger partial charge is 0.398 e. The minimum Gasteiger partial charge on any atom is -0.398 e. The van der Waals surface area contributed by atoms with Gasteiger partial charge in [-0.25, -0.2) is 13.1 Å². The second-order valence-corrected chi connectivity index (χ2v) is 7.24. The minimum absolute atomic E-state index is 0.0436. The molecule has 4 nitrogen and oxygen atoms in total. The van der Waals surface area contributed by atoms with Crippen molar-refractivity contribution in [2.24, 2.45) is 0 Å². The maximum atomic E-state index is 12.3. The summed E-state index contributed by atoms with van der Waals surface area (Å²) in [4.78, 5) is 0.155. The molecule has 0 saturated heterocycles. The number of halogens is 1. The number of sulfonamides is 1. The summed E-state index contributed by atoms with van der Waals surface area (Å²) in [6.07, 6.45) is 5.18. The van der Waals surface area contributed by atoms with Gasteiger partial charge in [-0.3, -0.25) is 0 Å². The molecule has 2 rings (SSSR count). The smallest absolute Gasteiger partial charge is 0.242 e. The van der Waals surface area contributed by atoms with Crippen LogP contribution >= 0.6 is 15.9 Å². The summed E-state index contributed by atoms with van der Waals surface area (Å²) < 4.78 is 28.0. The molecule has 0 unspecified atom stereocenters. The van der Waals surface area contributed by atoms with Crippen LogP contribution < -0.4 is 10.5 Å². The number of nitrogens with two attached hydrogens (primary N) is 1. The van der Waals surface area contributed by atoms with E-state index in [0.717, 1.165) is 25.7 Å². The third kappa shape index (κ3) is 3.24. The molecule has 1 aromatic rings. The summed E-state index contributed by atoms with van der Waals surface area (Å²) in [5.74, 6) is 0. The van der Waals surface area contributed by atoms with Crippen molar-refractivity contribution in [3.63, 3.8) is 0 Å². The maximum absolute atomic E-state index is 12.3. The molecular weight excluding hydrogens is 316 g/mol. The quantitative estimate of drug-likeness (QED) is 0.836. The molecule has 0 heterocycles. The highest BCUT2D eigenvalue weighted by atomic mass is 79.9. The van der Waals surface area contributed by atoms with E-state index in [-0.39, 0.29) is 16.6 Å². The average molecular weight is 333 g/mol. The predicted molar refractivity (Wildman–Crippen MR) is 75.7 cm³/mol. The predicted octanol–water partition coefficient (Wildman–Crippen LogP) is 2.64. The molecule has 0 bridgehead atoms. The second-order valence-electron chi connectivity index (χ2n) is 4.64. The molecule has 18 heavy (non-hydrogen) atoms. The van der Waals surface area contributed by atoms with Gasteiger partial charge in [-0.15, -0.1) is 0 Å². The molecule has 3 N–H and O–H groups in total. The highest BCUT2D eigenvalue weighted by Gasteiger charge is 2.23. The highest BCUT2D eigenvalue weighted by molar-refractivity contribution is 9.10. The number of hydrogen-bond donors (Lipinski definition) is 2. The first-order valence-electron chi connectivity index (χ1n) is 6.06. The lowest BCUT2D eigenvalue weighted by Crippen LogP contribution is -2.36. The van der Waals surface area contributed by atoms with Gasteiger partial charge in [-0.2, -0.15) is 0 Å². The van der Waals surface area contributed by atoms with E-state index in [0.29, 0.717) is 4.47 Å². The number of nitrogens with one attached hydrogen (secondary N) is 1. The molecule has 0 spiro atoms. The van der Waals surface area contributed by atoms with Gasteiger partial charge in [-0.1, -0.05) is 35.2 Å². The molecule has 1 aliphatic carbocycles. The van der Waals surface area contributed by atoms with E-state index in [2.05, 4.69) is 20.7 Å². The Morgan fingerprint density at radius 1 is 1.22 bits per heavy atom. The van der Waals surface area contributed by atoms with Crippen molar-refractivity contribution in [2.75, 3.05) is 5.73 Å². The lowest BCUT2D eigenvalue weighted by Gasteiger charge is -2.23. The first-order valence-corrected chi connectivity index (χ1v) is 8.34. The zero-order valence-electron chi connectivity index (χ0n) is 10.0. The zero-order chi connectivity index (χ0) is 13.2. The Hall–Kier alpha value is -0.590. The summed E-state index contributed by atoms with van der Waals surface area (Å²) in [7, 11) is -3.52. The fourth-order valence-corrected chi connectivity index (χ4v) is 4.22. The molecule has 0 amide bonds. The van der Waals surface area contributed by atoms with Gasteiger partial charge in [0, 0.05) is 10.5 Å². The molecule has 6 heteroatoms. The molecular formula is C12H17BrN2O2S. The third-order valence-electron chi connectivity index (χ3n) is 3.19. The van der Waals surface area contributed by atoms with E-state index in [1.165, 1.54) is 6.42 Å². The van der Waals surface area contributed by atoms with Gasteiger partial charge >= 0.3 is 0 Å². The maximum Gasteiger partial charge on any atom is 0.242 e. The van der Waals surface area contributed by atoms with Crippen LogP contribution in [0.15, 0.2) is 27.6 Å². The van der Waals surface area contributed by atoms with Gasteiger partial charge in [0.25, 0.3) is 0 Å². The van der Waals surface area contributed by atoms with Crippen molar-refractivity contribution in [2.45, 2.75) is 43.0 Å². The Morgan fingerprint density at radius 3 is 2.56 bits per heavy atom. The Kier molecular flexibility index (Phi) is 4.29. The van der Waals surface area contributed by atoms with Crippen molar-refractivity contribution >= 4 is 31.6 Å². The first-order chi connectivity index (χ1) is 8.49. The molecule has 1 aromatic carbocycles. The number of benzene rings is 1. The van der Waals surface area contributed by atoms with Crippen molar-refractivity contribution in [3.05, 3.63) is 22.7 Å². The molecule has 0 atom stereocenters. The van der Waals surface area contributed by atoms with E-state index >= 15 is 0 Å². The van der Waals surface area contributed by atoms with Crippen LogP contribution in [0.1, 0.15) is 32.1 Å². The van der Waals surface area contributed by atoms with E-state index in [1.807, 2.05) is 0 Å². The summed E-state index contributed by atoms with van der Waals surface area (Å²) in [5, 5.41) is 0. The number of rotatable bonds is 3. The Bertz CT molecular complexity index is 525. The Labute approximate surface area is 116 Å². The normalized spacial score (nSPS) is 17.8. The van der Waals surface area contributed by atoms with Gasteiger partial charge in [0.15, 0.2) is 0 Å². The van der Waals surface area contributed by atoms with Gasteiger partial charge in [0.05, 0.1) is 5.69 Å². The lowest BCUT2D eigenvalue weighted by molar-refractivity contribution is 0.412. The fourth-order valence-electron chi connectivity index (χ4n) is 2.24. The van der Waals surface area contributed by atoms with Crippen molar-refractivity contribution in [1.29, 1.82) is 0 Å². The van der Waals surface area contributed by atoms with Crippen LogP contribution in [0.2, 0.25) is 0 Å². The van der Waals surface area contributed by atoms with Crippen LogP contribution in [-0.4, -0.2) is 14.5 Å². The van der Waals surface area contributed by atoms with Gasteiger partial charge in [0.1, 0.15) is 4.90 Å². The molecule has 100 valence electrons. The van der Waals surface area contributed by atoms with E-state index in [4.69, 9.17) is 5.73 Å². The zero-order valence-corrected chi connectivity index (χ0v) is 12.4. The Balaban J connectivity index is 2.21. The molecule has 0 aromatic heterocycles. The van der Waals surface area contributed by atoms with Crippen LogP contribution in [0.25, 0.3) is 0 Å². The van der Waals surface area contributed by atoms with Crippen LogP contribution in [0.3, 0.4) is 0 Å². The summed E-state index contributed by atoms with van der Waals surface area (Å²) in [5.41, 5.74) is 6.02. The SMILES string of the molecule is Nc1ccc(Br)cc1S(=O)(=O)NC1CCCCC1. The number of anilines is 1. The second kappa shape index (κ2) is 5.59. The number of hydrogen-bond acceptors (Lipinski definition) is 3. The van der Waals surface area contributed by atoms with E-state index in [9.17, 15) is 8.42 Å². The van der Waals surface area contributed by atoms with Crippen LogP contribution in [-0.2, 0) is 10.0 Å². The lowest BCUT2D eigenvalue weighted by atomic mass is 9.96.